The predicted molar refractivity (Wildman–Crippen MR) is 85.5 cm³/mol. The minimum atomic E-state index is 0.0851. The largest absolute Gasteiger partial charge is 0.378 e. The van der Waals surface area contributed by atoms with E-state index in [-0.39, 0.29) is 5.60 Å². The van der Waals surface area contributed by atoms with Crippen molar-refractivity contribution in [1.82, 2.24) is 5.32 Å². The second kappa shape index (κ2) is 7.43. The minimum Gasteiger partial charge on any atom is -0.378 e. The molecule has 3 fully saturated rings. The lowest BCUT2D eigenvalue weighted by Crippen LogP contribution is -2.45. The monoisotopic (exact) mass is 295 g/mol. The highest BCUT2D eigenvalue weighted by Crippen LogP contribution is 2.44. The van der Waals surface area contributed by atoms with Crippen molar-refractivity contribution in [1.29, 1.82) is 0 Å². The summed E-state index contributed by atoms with van der Waals surface area (Å²) in [7, 11) is 0. The molecule has 0 amide bonds. The zero-order valence-electron chi connectivity index (χ0n) is 13.7. The Bertz CT molecular complexity index is 314. The molecule has 0 aromatic heterocycles. The van der Waals surface area contributed by atoms with Gasteiger partial charge in [0.1, 0.15) is 0 Å². The summed E-state index contributed by atoms with van der Waals surface area (Å²) in [5.41, 5.74) is 0.0851. The van der Waals surface area contributed by atoms with Crippen LogP contribution in [0, 0.1) is 17.8 Å². The topological polar surface area (TPSA) is 30.5 Å². The van der Waals surface area contributed by atoms with Crippen molar-refractivity contribution < 1.29 is 9.47 Å². The summed E-state index contributed by atoms with van der Waals surface area (Å²) in [5, 5.41) is 3.68. The number of ether oxygens (including phenoxy) is 2. The number of hydrogen-bond acceptors (Lipinski definition) is 3. The van der Waals surface area contributed by atoms with Gasteiger partial charge in [-0.2, -0.15) is 0 Å². The van der Waals surface area contributed by atoms with Crippen molar-refractivity contribution in [3.63, 3.8) is 0 Å². The Balaban J connectivity index is 1.59. The van der Waals surface area contributed by atoms with Gasteiger partial charge in [0.2, 0.25) is 0 Å². The van der Waals surface area contributed by atoms with Crippen LogP contribution in [0.1, 0.15) is 58.3 Å². The molecule has 3 rings (SSSR count). The van der Waals surface area contributed by atoms with E-state index < -0.39 is 0 Å². The van der Waals surface area contributed by atoms with Crippen LogP contribution in [0.3, 0.4) is 0 Å². The van der Waals surface area contributed by atoms with E-state index in [1.165, 1.54) is 58.0 Å². The fourth-order valence-corrected chi connectivity index (χ4v) is 4.87. The van der Waals surface area contributed by atoms with E-state index in [0.29, 0.717) is 0 Å². The van der Waals surface area contributed by atoms with Crippen LogP contribution in [0.2, 0.25) is 0 Å². The number of rotatable bonds is 5. The van der Waals surface area contributed by atoms with Crippen LogP contribution in [-0.4, -0.2) is 38.5 Å². The Morgan fingerprint density at radius 3 is 2.86 bits per heavy atom. The lowest BCUT2D eigenvalue weighted by atomic mass is 9.67. The predicted octanol–water partition coefficient (Wildman–Crippen LogP) is 3.38. The van der Waals surface area contributed by atoms with Gasteiger partial charge in [0.15, 0.2) is 0 Å². The Hall–Kier alpha value is -0.120. The number of hydrogen-bond donors (Lipinski definition) is 1. The Kier molecular flexibility index (Phi) is 5.58. The second-order valence-corrected chi connectivity index (χ2v) is 7.50. The summed E-state index contributed by atoms with van der Waals surface area (Å²) >= 11 is 0. The molecule has 1 N–H and O–H groups in total. The quantitative estimate of drug-likeness (QED) is 0.789. The van der Waals surface area contributed by atoms with E-state index in [1.54, 1.807) is 0 Å². The van der Waals surface area contributed by atoms with Gasteiger partial charge in [-0.1, -0.05) is 19.8 Å². The average Bonchev–Trinajstić information content (AvgIpc) is 2.96. The molecule has 2 saturated heterocycles. The van der Waals surface area contributed by atoms with Crippen molar-refractivity contribution in [2.75, 3.05) is 32.9 Å². The molecular weight excluding hydrogens is 262 g/mol. The summed E-state index contributed by atoms with van der Waals surface area (Å²) in [4.78, 5) is 0. The van der Waals surface area contributed by atoms with Crippen molar-refractivity contribution in [2.45, 2.75) is 63.9 Å². The summed E-state index contributed by atoms with van der Waals surface area (Å²) in [6.45, 7) is 7.37. The molecular formula is C18H33NO2. The highest BCUT2D eigenvalue weighted by atomic mass is 16.6. The third kappa shape index (κ3) is 3.80. The van der Waals surface area contributed by atoms with Gasteiger partial charge in [-0.05, 0) is 62.9 Å². The van der Waals surface area contributed by atoms with Crippen molar-refractivity contribution in [3.05, 3.63) is 0 Å². The van der Waals surface area contributed by atoms with E-state index in [2.05, 4.69) is 12.2 Å². The lowest BCUT2D eigenvalue weighted by Gasteiger charge is -2.44. The lowest BCUT2D eigenvalue weighted by molar-refractivity contribution is -0.113. The Labute approximate surface area is 130 Å². The SMILES string of the molecule is CCCNCC1CCCCC1C1CCOC2(CCOC2)C1. The van der Waals surface area contributed by atoms with Gasteiger partial charge >= 0.3 is 0 Å². The summed E-state index contributed by atoms with van der Waals surface area (Å²) in [6, 6.07) is 0. The molecule has 0 aromatic rings. The van der Waals surface area contributed by atoms with Gasteiger partial charge in [-0.15, -0.1) is 0 Å². The molecule has 0 bridgehead atoms. The van der Waals surface area contributed by atoms with E-state index in [0.717, 1.165) is 44.0 Å². The zero-order chi connectivity index (χ0) is 14.5. The summed E-state index contributed by atoms with van der Waals surface area (Å²) in [6.07, 6.45) is 10.6. The molecule has 0 radical (unpaired) electrons. The van der Waals surface area contributed by atoms with Crippen molar-refractivity contribution in [2.24, 2.45) is 17.8 Å². The molecule has 122 valence electrons. The molecule has 1 spiro atoms. The van der Waals surface area contributed by atoms with E-state index >= 15 is 0 Å². The fourth-order valence-electron chi connectivity index (χ4n) is 4.87. The first-order valence-electron chi connectivity index (χ1n) is 9.25. The third-order valence-electron chi connectivity index (χ3n) is 6.00. The van der Waals surface area contributed by atoms with E-state index in [4.69, 9.17) is 9.47 Å². The second-order valence-electron chi connectivity index (χ2n) is 7.50. The molecule has 3 heteroatoms. The van der Waals surface area contributed by atoms with E-state index in [1.807, 2.05) is 0 Å². The van der Waals surface area contributed by atoms with Crippen LogP contribution in [0.4, 0.5) is 0 Å². The average molecular weight is 295 g/mol. The van der Waals surface area contributed by atoms with Crippen LogP contribution in [0.15, 0.2) is 0 Å². The summed E-state index contributed by atoms with van der Waals surface area (Å²) in [5.74, 6) is 2.69. The van der Waals surface area contributed by atoms with Gasteiger partial charge in [0.05, 0.1) is 12.2 Å². The van der Waals surface area contributed by atoms with Crippen LogP contribution in [0.25, 0.3) is 0 Å². The van der Waals surface area contributed by atoms with Gasteiger partial charge in [-0.25, -0.2) is 0 Å². The molecule has 3 aliphatic rings. The molecule has 2 heterocycles. The highest BCUT2D eigenvalue weighted by molar-refractivity contribution is 4.94. The maximum Gasteiger partial charge on any atom is 0.0939 e. The van der Waals surface area contributed by atoms with Gasteiger partial charge in [0.25, 0.3) is 0 Å². The molecule has 2 aliphatic heterocycles. The molecule has 4 atom stereocenters. The summed E-state index contributed by atoms with van der Waals surface area (Å²) < 4.78 is 11.8. The van der Waals surface area contributed by atoms with E-state index in [9.17, 15) is 0 Å². The third-order valence-corrected chi connectivity index (χ3v) is 6.00. The highest BCUT2D eigenvalue weighted by Gasteiger charge is 2.44. The van der Waals surface area contributed by atoms with Gasteiger partial charge in [0, 0.05) is 19.6 Å². The van der Waals surface area contributed by atoms with Crippen LogP contribution in [0.5, 0.6) is 0 Å². The van der Waals surface area contributed by atoms with Gasteiger partial charge in [-0.3, -0.25) is 0 Å². The van der Waals surface area contributed by atoms with Crippen molar-refractivity contribution >= 4 is 0 Å². The molecule has 21 heavy (non-hydrogen) atoms. The first-order valence-corrected chi connectivity index (χ1v) is 9.25. The van der Waals surface area contributed by atoms with Crippen LogP contribution < -0.4 is 5.32 Å². The molecule has 1 aliphatic carbocycles. The molecule has 4 unspecified atom stereocenters. The normalized spacial score (nSPS) is 40.7. The minimum absolute atomic E-state index is 0.0851. The standard InChI is InChI=1S/C18H33NO2/c1-2-9-19-13-16-5-3-4-6-17(16)15-7-10-21-18(12-15)8-11-20-14-18/h15-17,19H,2-14H2,1H3. The Morgan fingerprint density at radius 1 is 1.14 bits per heavy atom. The molecule has 1 saturated carbocycles. The first kappa shape index (κ1) is 15.8. The van der Waals surface area contributed by atoms with Gasteiger partial charge < -0.3 is 14.8 Å². The zero-order valence-corrected chi connectivity index (χ0v) is 13.7. The maximum absolute atomic E-state index is 6.14. The first-order chi connectivity index (χ1) is 10.3. The van der Waals surface area contributed by atoms with Crippen LogP contribution >= 0.6 is 0 Å². The smallest absolute Gasteiger partial charge is 0.0939 e. The number of nitrogens with one attached hydrogen (secondary N) is 1. The molecule has 3 nitrogen and oxygen atoms in total. The van der Waals surface area contributed by atoms with Crippen LogP contribution in [-0.2, 0) is 9.47 Å². The molecule has 0 aromatic carbocycles. The van der Waals surface area contributed by atoms with Crippen molar-refractivity contribution in [3.8, 4) is 0 Å². The fraction of sp³-hybridized carbons (Fsp3) is 1.00. The maximum atomic E-state index is 6.14. The Morgan fingerprint density at radius 2 is 2.05 bits per heavy atom.